The minimum atomic E-state index is 0.343. The lowest BCUT2D eigenvalue weighted by atomic mass is 10.1. The van der Waals surface area contributed by atoms with Crippen molar-refractivity contribution < 1.29 is 0 Å². The van der Waals surface area contributed by atoms with Gasteiger partial charge in [-0.05, 0) is 39.9 Å². The van der Waals surface area contributed by atoms with Crippen molar-refractivity contribution in [3.8, 4) is 0 Å². The molecule has 0 heterocycles. The van der Waals surface area contributed by atoms with Crippen molar-refractivity contribution in [2.45, 2.75) is 90.5 Å². The second-order valence-electron chi connectivity index (χ2n) is 6.25. The molecular formula is C17H38N2. The van der Waals surface area contributed by atoms with Crippen molar-refractivity contribution in [2.24, 2.45) is 5.73 Å². The van der Waals surface area contributed by atoms with Crippen LogP contribution in [0.3, 0.4) is 0 Å². The molecule has 0 aliphatic rings. The van der Waals surface area contributed by atoms with E-state index in [0.29, 0.717) is 6.04 Å². The highest BCUT2D eigenvalue weighted by Gasteiger charge is 2.00. The van der Waals surface area contributed by atoms with E-state index in [1.165, 1.54) is 70.8 Å². The molecule has 0 radical (unpaired) electrons. The van der Waals surface area contributed by atoms with E-state index < -0.39 is 0 Å². The van der Waals surface area contributed by atoms with Gasteiger partial charge in [0.05, 0.1) is 0 Å². The maximum absolute atomic E-state index is 5.77. The number of nitrogens with zero attached hydrogens (tertiary/aromatic N) is 1. The van der Waals surface area contributed by atoms with E-state index in [1.54, 1.807) is 0 Å². The highest BCUT2D eigenvalue weighted by molar-refractivity contribution is 4.58. The van der Waals surface area contributed by atoms with Gasteiger partial charge in [-0.2, -0.15) is 0 Å². The molecule has 2 heteroatoms. The van der Waals surface area contributed by atoms with Gasteiger partial charge >= 0.3 is 0 Å². The minimum absolute atomic E-state index is 0.343. The monoisotopic (exact) mass is 270 g/mol. The molecule has 0 spiro atoms. The maximum atomic E-state index is 5.77. The molecule has 0 bridgehead atoms. The van der Waals surface area contributed by atoms with Gasteiger partial charge in [-0.25, -0.2) is 0 Å². The van der Waals surface area contributed by atoms with Gasteiger partial charge in [-0.15, -0.1) is 0 Å². The van der Waals surface area contributed by atoms with Crippen molar-refractivity contribution in [3.05, 3.63) is 0 Å². The van der Waals surface area contributed by atoms with Gasteiger partial charge in [0.1, 0.15) is 0 Å². The first kappa shape index (κ1) is 18.9. The molecule has 0 aromatic rings. The normalized spacial score (nSPS) is 13.1. The third-order valence-electron chi connectivity index (χ3n) is 3.86. The average molecular weight is 271 g/mol. The summed E-state index contributed by atoms with van der Waals surface area (Å²) < 4.78 is 0. The summed E-state index contributed by atoms with van der Waals surface area (Å²) in [5.74, 6) is 0. The number of hydrogen-bond acceptors (Lipinski definition) is 2. The summed E-state index contributed by atoms with van der Waals surface area (Å²) in [6.07, 6.45) is 15.3. The van der Waals surface area contributed by atoms with Crippen LogP contribution in [0.2, 0.25) is 0 Å². The third-order valence-corrected chi connectivity index (χ3v) is 3.86. The molecule has 0 aliphatic heterocycles. The Bertz CT molecular complexity index is 169. The topological polar surface area (TPSA) is 29.3 Å². The highest BCUT2D eigenvalue weighted by Crippen LogP contribution is 2.10. The van der Waals surface area contributed by atoms with Crippen LogP contribution in [0.5, 0.6) is 0 Å². The number of nitrogens with two attached hydrogens (primary N) is 1. The van der Waals surface area contributed by atoms with E-state index in [0.717, 1.165) is 13.0 Å². The zero-order valence-corrected chi connectivity index (χ0v) is 13.8. The SMILES string of the molecule is CCCCCCCCCCCCN(C)CCC(C)N. The predicted molar refractivity (Wildman–Crippen MR) is 87.6 cm³/mol. The maximum Gasteiger partial charge on any atom is 0.00226 e. The van der Waals surface area contributed by atoms with Gasteiger partial charge in [-0.1, -0.05) is 64.7 Å². The number of rotatable bonds is 14. The fourth-order valence-corrected chi connectivity index (χ4v) is 2.40. The van der Waals surface area contributed by atoms with E-state index >= 15 is 0 Å². The number of hydrogen-bond donors (Lipinski definition) is 1. The molecule has 1 unspecified atom stereocenters. The van der Waals surface area contributed by atoms with Crippen LogP contribution in [0.15, 0.2) is 0 Å². The first-order valence-electron chi connectivity index (χ1n) is 8.61. The molecule has 0 aliphatic carbocycles. The largest absolute Gasteiger partial charge is 0.328 e. The summed E-state index contributed by atoms with van der Waals surface area (Å²) in [4.78, 5) is 2.42. The second kappa shape index (κ2) is 14.3. The molecular weight excluding hydrogens is 232 g/mol. The fraction of sp³-hybridized carbons (Fsp3) is 1.00. The molecule has 2 nitrogen and oxygen atoms in total. The quantitative estimate of drug-likeness (QED) is 0.468. The molecule has 0 rings (SSSR count). The zero-order valence-electron chi connectivity index (χ0n) is 13.8. The molecule has 1 atom stereocenters. The van der Waals surface area contributed by atoms with E-state index in [1.807, 2.05) is 0 Å². The van der Waals surface area contributed by atoms with E-state index in [-0.39, 0.29) is 0 Å². The molecule has 0 saturated heterocycles. The Morgan fingerprint density at radius 1 is 0.789 bits per heavy atom. The molecule has 0 fully saturated rings. The standard InChI is InChI=1S/C17H38N2/c1-4-5-6-7-8-9-10-11-12-13-15-19(3)16-14-17(2)18/h17H,4-16,18H2,1-3H3. The third kappa shape index (κ3) is 15.9. The first-order valence-corrected chi connectivity index (χ1v) is 8.61. The average Bonchev–Trinajstić information content (AvgIpc) is 2.38. The lowest BCUT2D eigenvalue weighted by Gasteiger charge is -2.17. The summed E-state index contributed by atoms with van der Waals surface area (Å²) in [5, 5.41) is 0. The van der Waals surface area contributed by atoms with Crippen molar-refractivity contribution in [2.75, 3.05) is 20.1 Å². The molecule has 116 valence electrons. The van der Waals surface area contributed by atoms with Gasteiger partial charge < -0.3 is 10.6 Å². The summed E-state index contributed by atoms with van der Waals surface area (Å²) in [5.41, 5.74) is 5.77. The Balaban J connectivity index is 3.09. The zero-order chi connectivity index (χ0) is 14.3. The Hall–Kier alpha value is -0.0800. The Labute approximate surface area is 122 Å². The van der Waals surface area contributed by atoms with Crippen molar-refractivity contribution in [3.63, 3.8) is 0 Å². The second-order valence-corrected chi connectivity index (χ2v) is 6.25. The van der Waals surface area contributed by atoms with Crippen LogP contribution >= 0.6 is 0 Å². The lowest BCUT2D eigenvalue weighted by Crippen LogP contribution is -2.26. The summed E-state index contributed by atoms with van der Waals surface area (Å²) in [7, 11) is 2.22. The Morgan fingerprint density at radius 3 is 1.74 bits per heavy atom. The molecule has 0 aromatic carbocycles. The van der Waals surface area contributed by atoms with Crippen LogP contribution in [0.25, 0.3) is 0 Å². The smallest absolute Gasteiger partial charge is 0.00226 e. The van der Waals surface area contributed by atoms with Crippen molar-refractivity contribution >= 4 is 0 Å². The summed E-state index contributed by atoms with van der Waals surface area (Å²) in [6.45, 7) is 6.76. The van der Waals surface area contributed by atoms with Crippen LogP contribution in [-0.2, 0) is 0 Å². The lowest BCUT2D eigenvalue weighted by molar-refractivity contribution is 0.311. The van der Waals surface area contributed by atoms with E-state index in [2.05, 4.69) is 25.8 Å². The van der Waals surface area contributed by atoms with Crippen LogP contribution in [0, 0.1) is 0 Å². The van der Waals surface area contributed by atoms with Gasteiger partial charge in [0.25, 0.3) is 0 Å². The number of unbranched alkanes of at least 4 members (excludes halogenated alkanes) is 9. The van der Waals surface area contributed by atoms with Crippen LogP contribution in [0.1, 0.15) is 84.5 Å². The van der Waals surface area contributed by atoms with Crippen LogP contribution in [-0.4, -0.2) is 31.1 Å². The minimum Gasteiger partial charge on any atom is -0.328 e. The fourth-order valence-electron chi connectivity index (χ4n) is 2.40. The van der Waals surface area contributed by atoms with E-state index in [9.17, 15) is 0 Å². The summed E-state index contributed by atoms with van der Waals surface area (Å²) >= 11 is 0. The molecule has 0 amide bonds. The van der Waals surface area contributed by atoms with Crippen molar-refractivity contribution in [1.29, 1.82) is 0 Å². The predicted octanol–water partition coefficient (Wildman–Crippen LogP) is 4.58. The van der Waals surface area contributed by atoms with Crippen LogP contribution < -0.4 is 5.73 Å². The van der Waals surface area contributed by atoms with Gasteiger partial charge in [0, 0.05) is 6.04 Å². The van der Waals surface area contributed by atoms with E-state index in [4.69, 9.17) is 5.73 Å². The van der Waals surface area contributed by atoms with Gasteiger partial charge in [-0.3, -0.25) is 0 Å². The molecule has 19 heavy (non-hydrogen) atoms. The molecule has 0 aromatic heterocycles. The highest BCUT2D eigenvalue weighted by atomic mass is 15.1. The first-order chi connectivity index (χ1) is 9.16. The Kier molecular flexibility index (Phi) is 14.3. The summed E-state index contributed by atoms with van der Waals surface area (Å²) in [6, 6.07) is 0.343. The molecule has 2 N–H and O–H groups in total. The van der Waals surface area contributed by atoms with Crippen LogP contribution in [0.4, 0.5) is 0 Å². The van der Waals surface area contributed by atoms with Gasteiger partial charge in [0.15, 0.2) is 0 Å². The molecule has 0 saturated carbocycles. The van der Waals surface area contributed by atoms with Crippen molar-refractivity contribution in [1.82, 2.24) is 4.90 Å². The van der Waals surface area contributed by atoms with Gasteiger partial charge in [0.2, 0.25) is 0 Å². The Morgan fingerprint density at radius 2 is 1.26 bits per heavy atom.